The number of nitrogens with one attached hydrogen (secondary N) is 1. The van der Waals surface area contributed by atoms with Crippen LogP contribution < -0.4 is 9.64 Å². The molecule has 19 heavy (non-hydrogen) atoms. The fourth-order valence-electron chi connectivity index (χ4n) is 2.64. The predicted molar refractivity (Wildman–Crippen MR) is 76.8 cm³/mol. The maximum atomic E-state index is 10.0. The first-order valence-electron chi connectivity index (χ1n) is 7.37. The number of hydrogen-bond acceptors (Lipinski definition) is 2. The van der Waals surface area contributed by atoms with Crippen molar-refractivity contribution in [2.75, 3.05) is 26.2 Å². The van der Waals surface area contributed by atoms with Crippen LogP contribution in [0.3, 0.4) is 0 Å². The molecular formula is C16H26NO2+. The number of hydrogen-bond donors (Lipinski definition) is 2. The Morgan fingerprint density at radius 2 is 1.89 bits per heavy atom. The molecule has 2 N–H and O–H groups in total. The van der Waals surface area contributed by atoms with Gasteiger partial charge < -0.3 is 14.7 Å². The van der Waals surface area contributed by atoms with Crippen LogP contribution in [0.4, 0.5) is 0 Å². The topological polar surface area (TPSA) is 33.9 Å². The number of piperidine rings is 1. The third-order valence-electron chi connectivity index (χ3n) is 4.01. The molecule has 1 heterocycles. The highest BCUT2D eigenvalue weighted by Crippen LogP contribution is 2.16. The van der Waals surface area contributed by atoms with Crippen LogP contribution in [0.5, 0.6) is 5.75 Å². The molecule has 1 unspecified atom stereocenters. The highest BCUT2D eigenvalue weighted by Gasteiger charge is 2.18. The van der Waals surface area contributed by atoms with Gasteiger partial charge in [0.1, 0.15) is 25.0 Å². The van der Waals surface area contributed by atoms with E-state index in [9.17, 15) is 5.11 Å². The van der Waals surface area contributed by atoms with E-state index in [0.717, 1.165) is 12.3 Å². The third-order valence-corrected chi connectivity index (χ3v) is 4.01. The lowest BCUT2D eigenvalue weighted by Gasteiger charge is -2.25. The minimum absolute atomic E-state index is 0.366. The molecule has 0 spiro atoms. The molecule has 3 heteroatoms. The zero-order chi connectivity index (χ0) is 13.7. The summed E-state index contributed by atoms with van der Waals surface area (Å²) in [5.41, 5.74) is 2.50. The quantitative estimate of drug-likeness (QED) is 0.835. The van der Waals surface area contributed by atoms with E-state index >= 15 is 0 Å². The van der Waals surface area contributed by atoms with E-state index in [1.54, 1.807) is 0 Å². The molecule has 0 bridgehead atoms. The van der Waals surface area contributed by atoms with Crippen molar-refractivity contribution in [2.24, 2.45) is 0 Å². The third kappa shape index (κ3) is 4.51. The molecule has 0 aliphatic carbocycles. The molecule has 0 radical (unpaired) electrons. The van der Waals surface area contributed by atoms with Crippen LogP contribution in [0, 0.1) is 13.8 Å². The van der Waals surface area contributed by atoms with Gasteiger partial charge in [-0.05, 0) is 56.4 Å². The van der Waals surface area contributed by atoms with Crippen molar-refractivity contribution in [3.05, 3.63) is 29.3 Å². The molecule has 2 rings (SSSR count). The Bertz CT molecular complexity index is 400. The van der Waals surface area contributed by atoms with Crippen LogP contribution >= 0.6 is 0 Å². The molecule has 3 nitrogen and oxygen atoms in total. The lowest BCUT2D eigenvalue weighted by molar-refractivity contribution is -0.908. The minimum atomic E-state index is -0.366. The van der Waals surface area contributed by atoms with Crippen molar-refractivity contribution in [3.63, 3.8) is 0 Å². The summed E-state index contributed by atoms with van der Waals surface area (Å²) < 4.78 is 5.68. The standard InChI is InChI=1S/C16H25NO2/c1-13-6-7-16(10-14(13)2)19-12-15(18)11-17-8-4-3-5-9-17/h6-7,10,15,18H,3-5,8-9,11-12H2,1-2H3/p+1. The zero-order valence-corrected chi connectivity index (χ0v) is 12.1. The van der Waals surface area contributed by atoms with E-state index < -0.39 is 0 Å². The van der Waals surface area contributed by atoms with Gasteiger partial charge >= 0.3 is 0 Å². The van der Waals surface area contributed by atoms with E-state index in [2.05, 4.69) is 19.9 Å². The number of rotatable bonds is 5. The second kappa shape index (κ2) is 6.92. The summed E-state index contributed by atoms with van der Waals surface area (Å²) in [5, 5.41) is 10.0. The molecule has 1 aromatic rings. The second-order valence-electron chi connectivity index (χ2n) is 5.73. The molecule has 0 aromatic heterocycles. The summed E-state index contributed by atoms with van der Waals surface area (Å²) in [5.74, 6) is 0.857. The van der Waals surface area contributed by atoms with Crippen LogP contribution in [0.15, 0.2) is 18.2 Å². The average Bonchev–Trinajstić information content (AvgIpc) is 2.41. The molecule has 1 aliphatic heterocycles. The number of likely N-dealkylation sites (tertiary alicyclic amines) is 1. The van der Waals surface area contributed by atoms with Crippen molar-refractivity contribution >= 4 is 0 Å². The summed E-state index contributed by atoms with van der Waals surface area (Å²) in [6.07, 6.45) is 3.56. The van der Waals surface area contributed by atoms with Gasteiger partial charge in [-0.1, -0.05) is 6.07 Å². The Kier molecular flexibility index (Phi) is 5.23. The molecular weight excluding hydrogens is 238 g/mol. The Balaban J connectivity index is 1.75. The molecule has 1 saturated heterocycles. The summed E-state index contributed by atoms with van der Waals surface area (Å²) in [7, 11) is 0. The van der Waals surface area contributed by atoms with Gasteiger partial charge in [-0.3, -0.25) is 0 Å². The van der Waals surface area contributed by atoms with E-state index in [-0.39, 0.29) is 6.10 Å². The van der Waals surface area contributed by atoms with Crippen molar-refractivity contribution < 1.29 is 14.7 Å². The van der Waals surface area contributed by atoms with Crippen LogP contribution in [0.1, 0.15) is 30.4 Å². The zero-order valence-electron chi connectivity index (χ0n) is 12.1. The molecule has 1 atom stereocenters. The second-order valence-corrected chi connectivity index (χ2v) is 5.73. The first-order valence-corrected chi connectivity index (χ1v) is 7.37. The number of quaternary nitrogens is 1. The predicted octanol–water partition coefficient (Wildman–Crippen LogP) is 1.11. The Morgan fingerprint density at radius 3 is 2.58 bits per heavy atom. The van der Waals surface area contributed by atoms with E-state index in [1.807, 2.05) is 12.1 Å². The van der Waals surface area contributed by atoms with Crippen LogP contribution in [-0.2, 0) is 0 Å². The van der Waals surface area contributed by atoms with Gasteiger partial charge in [0.2, 0.25) is 0 Å². The summed E-state index contributed by atoms with van der Waals surface area (Å²) in [6.45, 7) is 7.77. The first kappa shape index (κ1) is 14.4. The van der Waals surface area contributed by atoms with Crippen molar-refractivity contribution in [1.29, 1.82) is 0 Å². The van der Waals surface area contributed by atoms with Crippen LogP contribution in [0.2, 0.25) is 0 Å². The van der Waals surface area contributed by atoms with E-state index in [1.165, 1.54) is 48.4 Å². The summed E-state index contributed by atoms with van der Waals surface area (Å²) in [4.78, 5) is 1.52. The van der Waals surface area contributed by atoms with Gasteiger partial charge in [0, 0.05) is 0 Å². The van der Waals surface area contributed by atoms with Gasteiger partial charge in [-0.25, -0.2) is 0 Å². The monoisotopic (exact) mass is 264 g/mol. The van der Waals surface area contributed by atoms with Crippen molar-refractivity contribution in [1.82, 2.24) is 0 Å². The average molecular weight is 264 g/mol. The van der Waals surface area contributed by atoms with Gasteiger partial charge in [0.15, 0.2) is 0 Å². The first-order chi connectivity index (χ1) is 9.15. The van der Waals surface area contributed by atoms with E-state index in [0.29, 0.717) is 6.61 Å². The molecule has 106 valence electrons. The molecule has 1 aliphatic rings. The Labute approximate surface area is 116 Å². The fraction of sp³-hybridized carbons (Fsp3) is 0.625. The fourth-order valence-corrected chi connectivity index (χ4v) is 2.64. The number of benzene rings is 1. The number of ether oxygens (including phenoxy) is 1. The maximum Gasteiger partial charge on any atom is 0.137 e. The lowest BCUT2D eigenvalue weighted by Crippen LogP contribution is -3.14. The van der Waals surface area contributed by atoms with E-state index in [4.69, 9.17) is 4.74 Å². The van der Waals surface area contributed by atoms with Crippen LogP contribution in [-0.4, -0.2) is 37.5 Å². The summed E-state index contributed by atoms with van der Waals surface area (Å²) >= 11 is 0. The Morgan fingerprint density at radius 1 is 1.16 bits per heavy atom. The van der Waals surface area contributed by atoms with Gasteiger partial charge in [0.05, 0.1) is 13.1 Å². The SMILES string of the molecule is Cc1ccc(OCC(O)C[NH+]2CCCCC2)cc1C. The number of aliphatic hydroxyl groups excluding tert-OH is 1. The highest BCUT2D eigenvalue weighted by atomic mass is 16.5. The molecule has 0 amide bonds. The maximum absolute atomic E-state index is 10.0. The normalized spacial score (nSPS) is 18.3. The van der Waals surface area contributed by atoms with Gasteiger partial charge in [0.25, 0.3) is 0 Å². The van der Waals surface area contributed by atoms with Crippen molar-refractivity contribution in [3.8, 4) is 5.75 Å². The lowest BCUT2D eigenvalue weighted by atomic mass is 10.1. The Hall–Kier alpha value is -1.06. The molecule has 1 aromatic carbocycles. The highest BCUT2D eigenvalue weighted by molar-refractivity contribution is 5.33. The largest absolute Gasteiger partial charge is 0.491 e. The molecule has 1 fully saturated rings. The number of aryl methyl sites for hydroxylation is 2. The number of aliphatic hydroxyl groups is 1. The summed E-state index contributed by atoms with van der Waals surface area (Å²) in [6, 6.07) is 6.07. The molecule has 0 saturated carbocycles. The minimum Gasteiger partial charge on any atom is -0.491 e. The van der Waals surface area contributed by atoms with Gasteiger partial charge in [-0.15, -0.1) is 0 Å². The smallest absolute Gasteiger partial charge is 0.137 e. The van der Waals surface area contributed by atoms with Crippen molar-refractivity contribution in [2.45, 2.75) is 39.2 Å². The van der Waals surface area contributed by atoms with Crippen LogP contribution in [0.25, 0.3) is 0 Å². The van der Waals surface area contributed by atoms with Gasteiger partial charge in [-0.2, -0.15) is 0 Å².